The molecule has 0 aliphatic carbocycles. The molecule has 0 radical (unpaired) electrons. The van der Waals surface area contributed by atoms with Crippen molar-refractivity contribution in [2.75, 3.05) is 6.54 Å². The minimum Gasteiger partial charge on any atom is -0.343 e. The maximum atomic E-state index is 12.5. The third-order valence-corrected chi connectivity index (χ3v) is 4.74. The second kappa shape index (κ2) is 7.09. The van der Waals surface area contributed by atoms with Gasteiger partial charge in [0.1, 0.15) is 11.6 Å². The van der Waals surface area contributed by atoms with E-state index in [4.69, 9.17) is 0 Å². The summed E-state index contributed by atoms with van der Waals surface area (Å²) in [5.41, 5.74) is -0.691. The van der Waals surface area contributed by atoms with Gasteiger partial charge in [-0.05, 0) is 32.6 Å². The maximum absolute atomic E-state index is 12.5. The molecule has 1 saturated heterocycles. The minimum atomic E-state index is -0.691. The van der Waals surface area contributed by atoms with Crippen molar-refractivity contribution in [1.29, 1.82) is 0 Å². The summed E-state index contributed by atoms with van der Waals surface area (Å²) in [6, 6.07) is -0.397. The van der Waals surface area contributed by atoms with Gasteiger partial charge >= 0.3 is 0 Å². The monoisotopic (exact) mass is 282 g/mol. The van der Waals surface area contributed by atoms with Gasteiger partial charge in [0, 0.05) is 6.54 Å². The molecule has 1 rings (SSSR count). The van der Waals surface area contributed by atoms with Gasteiger partial charge in [0.15, 0.2) is 0 Å². The van der Waals surface area contributed by atoms with Crippen LogP contribution in [0.2, 0.25) is 0 Å². The standard InChI is InChI=1S/C16H30N2O2/c1-6-9-10-13(7-2)11-18-14(19)12(4)17-15(20)16(18,5)8-3/h12-13H,6-11H2,1-5H3,(H,17,20). The lowest BCUT2D eigenvalue weighted by molar-refractivity contribution is -0.157. The molecule has 4 heteroatoms. The van der Waals surface area contributed by atoms with E-state index in [0.29, 0.717) is 18.9 Å². The molecule has 116 valence electrons. The lowest BCUT2D eigenvalue weighted by atomic mass is 9.88. The zero-order valence-corrected chi connectivity index (χ0v) is 13.7. The maximum Gasteiger partial charge on any atom is 0.246 e. The number of hydrogen-bond donors (Lipinski definition) is 1. The number of nitrogens with zero attached hydrogens (tertiary/aromatic N) is 1. The molecule has 1 N–H and O–H groups in total. The summed E-state index contributed by atoms with van der Waals surface area (Å²) in [6.07, 6.45) is 5.20. The fraction of sp³-hybridized carbons (Fsp3) is 0.875. The number of carbonyl (C=O) groups excluding carboxylic acids is 2. The van der Waals surface area contributed by atoms with E-state index < -0.39 is 11.6 Å². The highest BCUT2D eigenvalue weighted by molar-refractivity contribution is 5.99. The van der Waals surface area contributed by atoms with Gasteiger partial charge in [0.25, 0.3) is 0 Å². The topological polar surface area (TPSA) is 49.4 Å². The third kappa shape index (κ3) is 3.33. The average Bonchev–Trinajstić information content (AvgIpc) is 2.44. The normalized spacial score (nSPS) is 28.4. The summed E-state index contributed by atoms with van der Waals surface area (Å²) >= 11 is 0. The Bertz CT molecular complexity index is 356. The molecule has 1 aliphatic rings. The van der Waals surface area contributed by atoms with Crippen LogP contribution in [0.4, 0.5) is 0 Å². The quantitative estimate of drug-likeness (QED) is 0.780. The van der Waals surface area contributed by atoms with Crippen LogP contribution < -0.4 is 5.32 Å². The number of carbonyl (C=O) groups is 2. The molecule has 3 atom stereocenters. The Labute approximate surface area is 123 Å². The number of nitrogens with one attached hydrogen (secondary N) is 1. The minimum absolute atomic E-state index is 0.0163. The molecule has 20 heavy (non-hydrogen) atoms. The molecule has 0 bridgehead atoms. The highest BCUT2D eigenvalue weighted by Gasteiger charge is 2.47. The number of unbranched alkanes of at least 4 members (excludes halogenated alkanes) is 1. The van der Waals surface area contributed by atoms with Gasteiger partial charge in [-0.15, -0.1) is 0 Å². The van der Waals surface area contributed by atoms with Gasteiger partial charge in [0.05, 0.1) is 0 Å². The van der Waals surface area contributed by atoms with E-state index in [1.165, 1.54) is 12.8 Å². The van der Waals surface area contributed by atoms with Gasteiger partial charge in [-0.3, -0.25) is 9.59 Å². The van der Waals surface area contributed by atoms with Crippen molar-refractivity contribution in [3.05, 3.63) is 0 Å². The highest BCUT2D eigenvalue weighted by Crippen LogP contribution is 2.28. The van der Waals surface area contributed by atoms with E-state index in [-0.39, 0.29) is 11.8 Å². The molecule has 3 unspecified atom stereocenters. The van der Waals surface area contributed by atoms with Crippen molar-refractivity contribution < 1.29 is 9.59 Å². The molecule has 0 aromatic carbocycles. The average molecular weight is 282 g/mol. The molecule has 0 aromatic heterocycles. The number of piperazine rings is 1. The summed E-state index contributed by atoms with van der Waals surface area (Å²) in [6.45, 7) is 10.7. The van der Waals surface area contributed by atoms with Crippen LogP contribution in [-0.2, 0) is 9.59 Å². The summed E-state index contributed by atoms with van der Waals surface area (Å²) in [4.78, 5) is 26.6. The van der Waals surface area contributed by atoms with E-state index in [2.05, 4.69) is 19.2 Å². The van der Waals surface area contributed by atoms with E-state index in [9.17, 15) is 9.59 Å². The van der Waals surface area contributed by atoms with E-state index >= 15 is 0 Å². The summed E-state index contributed by atoms with van der Waals surface area (Å²) in [7, 11) is 0. The molecule has 1 heterocycles. The Balaban J connectivity index is 2.90. The predicted octanol–water partition coefficient (Wildman–Crippen LogP) is 2.72. The van der Waals surface area contributed by atoms with Crippen molar-refractivity contribution >= 4 is 11.8 Å². The van der Waals surface area contributed by atoms with E-state index in [0.717, 1.165) is 12.8 Å². The first-order chi connectivity index (χ1) is 9.40. The van der Waals surface area contributed by atoms with Crippen LogP contribution in [0.3, 0.4) is 0 Å². The van der Waals surface area contributed by atoms with Gasteiger partial charge in [0.2, 0.25) is 11.8 Å². The van der Waals surface area contributed by atoms with Crippen LogP contribution >= 0.6 is 0 Å². The largest absolute Gasteiger partial charge is 0.343 e. The second-order valence-corrected chi connectivity index (χ2v) is 6.19. The molecular formula is C16H30N2O2. The van der Waals surface area contributed by atoms with Crippen molar-refractivity contribution in [3.63, 3.8) is 0 Å². The fourth-order valence-electron chi connectivity index (χ4n) is 2.83. The SMILES string of the molecule is CCCCC(CC)CN1C(=O)C(C)NC(=O)C1(C)CC. The summed E-state index contributed by atoms with van der Waals surface area (Å²) < 4.78 is 0. The number of rotatable bonds is 7. The van der Waals surface area contributed by atoms with Crippen LogP contribution in [0.25, 0.3) is 0 Å². The Hall–Kier alpha value is -1.06. The lowest BCUT2D eigenvalue weighted by Crippen LogP contribution is -2.69. The van der Waals surface area contributed by atoms with Crippen LogP contribution in [0, 0.1) is 5.92 Å². The van der Waals surface area contributed by atoms with Crippen LogP contribution in [0.1, 0.15) is 66.7 Å². The molecule has 0 saturated carbocycles. The van der Waals surface area contributed by atoms with Crippen molar-refractivity contribution in [1.82, 2.24) is 10.2 Å². The first kappa shape index (κ1) is 17.0. The third-order valence-electron chi connectivity index (χ3n) is 4.74. The zero-order chi connectivity index (χ0) is 15.3. The summed E-state index contributed by atoms with van der Waals surface area (Å²) in [5.74, 6) is 0.532. The van der Waals surface area contributed by atoms with Gasteiger partial charge in [-0.25, -0.2) is 0 Å². The number of hydrogen-bond acceptors (Lipinski definition) is 2. The lowest BCUT2D eigenvalue weighted by Gasteiger charge is -2.46. The Kier molecular flexibility index (Phi) is 6.03. The van der Waals surface area contributed by atoms with E-state index in [1.54, 1.807) is 6.92 Å². The van der Waals surface area contributed by atoms with Gasteiger partial charge in [-0.1, -0.05) is 40.0 Å². The number of amides is 2. The van der Waals surface area contributed by atoms with E-state index in [1.807, 2.05) is 18.7 Å². The zero-order valence-electron chi connectivity index (χ0n) is 13.7. The Morgan fingerprint density at radius 2 is 1.95 bits per heavy atom. The first-order valence-corrected chi connectivity index (χ1v) is 8.03. The fourth-order valence-corrected chi connectivity index (χ4v) is 2.83. The Morgan fingerprint density at radius 3 is 2.45 bits per heavy atom. The van der Waals surface area contributed by atoms with Gasteiger partial charge < -0.3 is 10.2 Å². The van der Waals surface area contributed by atoms with Gasteiger partial charge in [-0.2, -0.15) is 0 Å². The smallest absolute Gasteiger partial charge is 0.246 e. The molecule has 0 spiro atoms. The molecule has 4 nitrogen and oxygen atoms in total. The predicted molar refractivity (Wildman–Crippen MR) is 81.3 cm³/mol. The molecule has 2 amide bonds. The first-order valence-electron chi connectivity index (χ1n) is 8.03. The van der Waals surface area contributed by atoms with Crippen molar-refractivity contribution in [3.8, 4) is 0 Å². The van der Waals surface area contributed by atoms with Crippen LogP contribution in [-0.4, -0.2) is 34.8 Å². The van der Waals surface area contributed by atoms with Crippen molar-refractivity contribution in [2.24, 2.45) is 5.92 Å². The summed E-state index contributed by atoms with van der Waals surface area (Å²) in [5, 5.41) is 2.80. The molecule has 1 fully saturated rings. The van der Waals surface area contributed by atoms with Crippen LogP contribution in [0.5, 0.6) is 0 Å². The Morgan fingerprint density at radius 1 is 1.30 bits per heavy atom. The van der Waals surface area contributed by atoms with Crippen molar-refractivity contribution in [2.45, 2.75) is 78.3 Å². The molecule has 1 aliphatic heterocycles. The van der Waals surface area contributed by atoms with Crippen LogP contribution in [0.15, 0.2) is 0 Å². The molecule has 0 aromatic rings. The highest BCUT2D eigenvalue weighted by atomic mass is 16.2. The molecular weight excluding hydrogens is 252 g/mol. The second-order valence-electron chi connectivity index (χ2n) is 6.19.